The molecule has 0 unspecified atom stereocenters. The molecule has 0 aliphatic carbocycles. The number of hydrazone groups is 1. The minimum absolute atomic E-state index is 0.444. The smallest absolute Gasteiger partial charge is 0.201 e. The van der Waals surface area contributed by atoms with Crippen molar-refractivity contribution in [3.8, 4) is 5.75 Å². The van der Waals surface area contributed by atoms with Crippen LogP contribution in [-0.2, 0) is 0 Å². The summed E-state index contributed by atoms with van der Waals surface area (Å²) in [5.41, 5.74) is 6.54. The number of nitrogens with zero attached hydrogens (tertiary/aromatic N) is 2. The average Bonchev–Trinajstić information content (AvgIpc) is 2.29. The van der Waals surface area contributed by atoms with Crippen LogP contribution in [-0.4, -0.2) is 37.5 Å². The standard InChI is InChI=1S/C11H16N4OS/c1-15(2)14-11(17)13-12-8-9-4-6-10(16-3)7-5-9/h4-8H,1-3H3,(H2,13,14,17)/b12-8-. The molecular weight excluding hydrogens is 236 g/mol. The molecule has 0 bridgehead atoms. The molecule has 2 N–H and O–H groups in total. The molecule has 17 heavy (non-hydrogen) atoms. The topological polar surface area (TPSA) is 48.9 Å². The van der Waals surface area contributed by atoms with E-state index in [4.69, 9.17) is 17.0 Å². The van der Waals surface area contributed by atoms with Crippen LogP contribution in [0.2, 0.25) is 0 Å². The van der Waals surface area contributed by atoms with E-state index in [-0.39, 0.29) is 0 Å². The van der Waals surface area contributed by atoms with E-state index in [9.17, 15) is 0 Å². The lowest BCUT2D eigenvalue weighted by atomic mass is 10.2. The number of rotatable bonds is 4. The third-order valence-electron chi connectivity index (χ3n) is 1.82. The zero-order chi connectivity index (χ0) is 12.7. The minimum atomic E-state index is 0.444. The molecule has 0 aromatic heterocycles. The molecule has 0 amide bonds. The van der Waals surface area contributed by atoms with Crippen molar-refractivity contribution in [1.29, 1.82) is 0 Å². The Morgan fingerprint density at radius 2 is 2.00 bits per heavy atom. The van der Waals surface area contributed by atoms with Crippen LogP contribution in [0.4, 0.5) is 0 Å². The van der Waals surface area contributed by atoms with Crippen LogP contribution in [0.15, 0.2) is 29.4 Å². The van der Waals surface area contributed by atoms with Gasteiger partial charge in [-0.3, -0.25) is 10.9 Å². The van der Waals surface area contributed by atoms with Crippen molar-refractivity contribution in [2.24, 2.45) is 5.10 Å². The first kappa shape index (κ1) is 13.4. The van der Waals surface area contributed by atoms with Crippen molar-refractivity contribution in [1.82, 2.24) is 15.9 Å². The maximum atomic E-state index is 5.06. The largest absolute Gasteiger partial charge is 0.497 e. The van der Waals surface area contributed by atoms with E-state index in [1.54, 1.807) is 18.3 Å². The molecule has 0 spiro atoms. The molecule has 6 heteroatoms. The predicted octanol–water partition coefficient (Wildman–Crippen LogP) is 0.970. The normalized spacial score (nSPS) is 10.6. The van der Waals surface area contributed by atoms with Gasteiger partial charge in [-0.2, -0.15) is 5.10 Å². The van der Waals surface area contributed by atoms with Gasteiger partial charge in [0, 0.05) is 14.1 Å². The highest BCUT2D eigenvalue weighted by Gasteiger charge is 1.93. The summed E-state index contributed by atoms with van der Waals surface area (Å²) >= 11 is 4.99. The van der Waals surface area contributed by atoms with Gasteiger partial charge >= 0.3 is 0 Å². The van der Waals surface area contributed by atoms with Crippen LogP contribution in [0.1, 0.15) is 5.56 Å². The van der Waals surface area contributed by atoms with E-state index in [0.717, 1.165) is 11.3 Å². The summed E-state index contributed by atoms with van der Waals surface area (Å²) in [6.45, 7) is 0. The molecule has 0 saturated carbocycles. The lowest BCUT2D eigenvalue weighted by molar-refractivity contribution is 0.360. The van der Waals surface area contributed by atoms with Gasteiger partial charge in [-0.1, -0.05) is 0 Å². The fourth-order valence-corrected chi connectivity index (χ4v) is 1.32. The van der Waals surface area contributed by atoms with Gasteiger partial charge < -0.3 is 4.74 Å². The van der Waals surface area contributed by atoms with E-state index < -0.39 is 0 Å². The molecule has 1 aromatic rings. The molecule has 0 saturated heterocycles. The zero-order valence-corrected chi connectivity index (χ0v) is 10.9. The van der Waals surface area contributed by atoms with Crippen molar-refractivity contribution < 1.29 is 4.74 Å². The lowest BCUT2D eigenvalue weighted by Crippen LogP contribution is -2.41. The summed E-state index contributed by atoms with van der Waals surface area (Å²) in [6.07, 6.45) is 1.68. The third-order valence-corrected chi connectivity index (χ3v) is 2.00. The Morgan fingerprint density at radius 3 is 2.53 bits per heavy atom. The Balaban J connectivity index is 2.45. The van der Waals surface area contributed by atoms with E-state index in [1.807, 2.05) is 38.4 Å². The molecule has 0 radical (unpaired) electrons. The highest BCUT2D eigenvalue weighted by Crippen LogP contribution is 2.09. The third kappa shape index (κ3) is 5.28. The van der Waals surface area contributed by atoms with Crippen molar-refractivity contribution >= 4 is 23.5 Å². The molecule has 5 nitrogen and oxygen atoms in total. The highest BCUT2D eigenvalue weighted by molar-refractivity contribution is 7.80. The van der Waals surface area contributed by atoms with Crippen LogP contribution >= 0.6 is 12.2 Å². The molecule has 1 aromatic carbocycles. The number of hydrogen-bond donors (Lipinski definition) is 2. The summed E-state index contributed by atoms with van der Waals surface area (Å²) in [4.78, 5) is 0. The number of ether oxygens (including phenoxy) is 1. The van der Waals surface area contributed by atoms with Gasteiger partial charge in [0.25, 0.3) is 0 Å². The van der Waals surface area contributed by atoms with Crippen molar-refractivity contribution in [3.05, 3.63) is 29.8 Å². The second-order valence-electron chi connectivity index (χ2n) is 3.48. The highest BCUT2D eigenvalue weighted by atomic mass is 32.1. The second kappa shape index (κ2) is 6.82. The van der Waals surface area contributed by atoms with Crippen molar-refractivity contribution in [2.75, 3.05) is 21.2 Å². The number of methoxy groups -OCH3 is 1. The number of hydrogen-bond acceptors (Lipinski definition) is 4. The van der Waals surface area contributed by atoms with Gasteiger partial charge in [-0.05, 0) is 42.0 Å². The first-order valence-electron chi connectivity index (χ1n) is 5.03. The van der Waals surface area contributed by atoms with Gasteiger partial charge in [-0.25, -0.2) is 5.01 Å². The van der Waals surface area contributed by atoms with Gasteiger partial charge in [0.15, 0.2) is 0 Å². The Morgan fingerprint density at radius 1 is 1.35 bits per heavy atom. The van der Waals surface area contributed by atoms with E-state index in [0.29, 0.717) is 5.11 Å². The molecule has 0 atom stereocenters. The molecular formula is C11H16N4OS. The van der Waals surface area contributed by atoms with Crippen LogP contribution in [0.25, 0.3) is 0 Å². The minimum Gasteiger partial charge on any atom is -0.497 e. The van der Waals surface area contributed by atoms with Gasteiger partial charge in [0.2, 0.25) is 5.11 Å². The van der Waals surface area contributed by atoms with Crippen LogP contribution < -0.4 is 15.6 Å². The summed E-state index contributed by atoms with van der Waals surface area (Å²) in [5, 5.41) is 6.18. The lowest BCUT2D eigenvalue weighted by Gasteiger charge is -2.12. The predicted molar refractivity (Wildman–Crippen MR) is 73.1 cm³/mol. The summed E-state index contributed by atoms with van der Waals surface area (Å²) in [5.74, 6) is 0.819. The second-order valence-corrected chi connectivity index (χ2v) is 3.89. The molecule has 1 rings (SSSR count). The van der Waals surface area contributed by atoms with E-state index in [2.05, 4.69) is 16.0 Å². The van der Waals surface area contributed by atoms with Gasteiger partial charge in [0.1, 0.15) is 5.75 Å². The molecule has 0 heterocycles. The first-order valence-corrected chi connectivity index (χ1v) is 5.43. The fourth-order valence-electron chi connectivity index (χ4n) is 1.08. The molecule has 0 aliphatic rings. The monoisotopic (exact) mass is 252 g/mol. The number of benzene rings is 1. The van der Waals surface area contributed by atoms with Crippen LogP contribution in [0, 0.1) is 0 Å². The summed E-state index contributed by atoms with van der Waals surface area (Å²) in [6, 6.07) is 7.56. The Labute approximate surface area is 106 Å². The first-order chi connectivity index (χ1) is 8.11. The quantitative estimate of drug-likeness (QED) is 0.475. The van der Waals surface area contributed by atoms with E-state index in [1.165, 1.54) is 0 Å². The maximum Gasteiger partial charge on any atom is 0.201 e. The van der Waals surface area contributed by atoms with Crippen molar-refractivity contribution in [2.45, 2.75) is 0 Å². The SMILES string of the molecule is COc1ccc(/C=N\NC(=S)NN(C)C)cc1. The van der Waals surface area contributed by atoms with E-state index >= 15 is 0 Å². The average molecular weight is 252 g/mol. The fraction of sp³-hybridized carbons (Fsp3) is 0.273. The number of nitrogens with one attached hydrogen (secondary N) is 2. The number of thiocarbonyl (C=S) groups is 1. The number of hydrazine groups is 1. The Kier molecular flexibility index (Phi) is 5.38. The van der Waals surface area contributed by atoms with Crippen molar-refractivity contribution in [3.63, 3.8) is 0 Å². The Hall–Kier alpha value is -1.66. The van der Waals surface area contributed by atoms with Gasteiger partial charge in [0.05, 0.1) is 13.3 Å². The summed E-state index contributed by atoms with van der Waals surface area (Å²) in [7, 11) is 5.33. The van der Waals surface area contributed by atoms with Gasteiger partial charge in [-0.15, -0.1) is 0 Å². The summed E-state index contributed by atoms with van der Waals surface area (Å²) < 4.78 is 5.06. The maximum absolute atomic E-state index is 5.06. The molecule has 0 aliphatic heterocycles. The zero-order valence-electron chi connectivity index (χ0n) is 10.1. The molecule has 0 fully saturated rings. The Bertz CT molecular complexity index is 389. The molecule has 92 valence electrons. The van der Waals surface area contributed by atoms with Crippen LogP contribution in [0.5, 0.6) is 5.75 Å². The van der Waals surface area contributed by atoms with Crippen LogP contribution in [0.3, 0.4) is 0 Å².